The Kier molecular flexibility index (Phi) is 6.97. The second-order valence-electron chi connectivity index (χ2n) is 7.10. The van der Waals surface area contributed by atoms with Crippen LogP contribution in [0.1, 0.15) is 12.8 Å². The van der Waals surface area contributed by atoms with E-state index in [4.69, 9.17) is 0 Å². The zero-order valence-corrected chi connectivity index (χ0v) is 19.1. The molecule has 1 heterocycles. The van der Waals surface area contributed by atoms with Gasteiger partial charge in [-0.3, -0.25) is 0 Å². The molecule has 0 bridgehead atoms. The van der Waals surface area contributed by atoms with Crippen molar-refractivity contribution in [3.05, 3.63) is 84.0 Å². The Labute approximate surface area is 176 Å². The molecule has 0 saturated carbocycles. The first kappa shape index (κ1) is 20.7. The molecule has 0 aliphatic carbocycles. The molecule has 28 heavy (non-hydrogen) atoms. The van der Waals surface area contributed by atoms with Gasteiger partial charge >= 0.3 is 176 Å². The molecule has 0 amide bonds. The summed E-state index contributed by atoms with van der Waals surface area (Å²) in [5.74, 6) is 0. The average Bonchev–Trinajstić information content (AvgIpc) is 3.26. The average molecular weight is 454 g/mol. The number of likely N-dealkylation sites (tertiary alicyclic amines) is 1. The van der Waals surface area contributed by atoms with Gasteiger partial charge in [-0.05, 0) is 0 Å². The van der Waals surface area contributed by atoms with Gasteiger partial charge in [-0.25, -0.2) is 0 Å². The van der Waals surface area contributed by atoms with E-state index in [0.29, 0.717) is 0 Å². The summed E-state index contributed by atoms with van der Waals surface area (Å²) in [6.45, 7) is 2.00. The number of hydrogen-bond acceptors (Lipinski definition) is 3. The van der Waals surface area contributed by atoms with Gasteiger partial charge in [-0.1, -0.05) is 0 Å². The zero-order valence-electron chi connectivity index (χ0n) is 16.5. The monoisotopic (exact) mass is 455 g/mol. The Morgan fingerprint density at radius 1 is 1.00 bits per heavy atom. The van der Waals surface area contributed by atoms with Gasteiger partial charge in [-0.2, -0.15) is 0 Å². The maximum absolute atomic E-state index is 10.4. The number of rotatable bonds is 6. The van der Waals surface area contributed by atoms with Crippen molar-refractivity contribution in [2.45, 2.75) is 12.8 Å². The van der Waals surface area contributed by atoms with E-state index in [-0.39, 0.29) is 0 Å². The Morgan fingerprint density at radius 3 is 1.93 bits per heavy atom. The van der Waals surface area contributed by atoms with Crippen molar-refractivity contribution in [2.24, 2.45) is 0 Å². The van der Waals surface area contributed by atoms with Crippen LogP contribution in [-0.4, -0.2) is 52.1 Å². The molecule has 0 spiro atoms. The predicted molar refractivity (Wildman–Crippen MR) is 121 cm³/mol. The molecule has 0 aromatic heterocycles. The van der Waals surface area contributed by atoms with E-state index in [2.05, 4.69) is 80.7 Å². The normalized spacial score (nSPS) is 15.4. The molecule has 0 atom stereocenters. The fourth-order valence-corrected chi connectivity index (χ4v) is 8.54. The molecule has 0 radical (unpaired) electrons. The van der Waals surface area contributed by atoms with Crippen LogP contribution in [0, 0.1) is 11.3 Å². The van der Waals surface area contributed by atoms with Crippen LogP contribution in [0.2, 0.25) is 0 Å². The predicted octanol–water partition coefficient (Wildman–Crippen LogP) is 3.64. The Balaban J connectivity index is 2.30. The van der Waals surface area contributed by atoms with Gasteiger partial charge in [0.05, 0.1) is 0 Å². The third-order valence-corrected chi connectivity index (χ3v) is 11.7. The molecular weight excluding hydrogens is 428 g/mol. The van der Waals surface area contributed by atoms with Crippen LogP contribution in [0.5, 0.6) is 0 Å². The molecule has 144 valence electrons. The standard InChI is InChI=1S/C23H26N3PSe/c1-25(2)18-15-22(26-16-9-10-17-26)23(19-24)27(28,20-11-5-3-6-12-20)21-13-7-4-8-14-21/h3-8,11-15,18H,9-10,16-17H2,1-2H3. The molecule has 3 nitrogen and oxygen atoms in total. The first-order valence-electron chi connectivity index (χ1n) is 9.53. The quantitative estimate of drug-likeness (QED) is 0.289. The van der Waals surface area contributed by atoms with Crippen molar-refractivity contribution in [2.75, 3.05) is 27.2 Å². The summed E-state index contributed by atoms with van der Waals surface area (Å²) in [7, 11) is 4.03. The van der Waals surface area contributed by atoms with Gasteiger partial charge < -0.3 is 0 Å². The van der Waals surface area contributed by atoms with Crippen molar-refractivity contribution < 1.29 is 0 Å². The van der Waals surface area contributed by atoms with Gasteiger partial charge in [0.25, 0.3) is 0 Å². The molecule has 2 aromatic rings. The van der Waals surface area contributed by atoms with E-state index >= 15 is 0 Å². The first-order chi connectivity index (χ1) is 13.6. The van der Waals surface area contributed by atoms with Crippen molar-refractivity contribution >= 4 is 31.2 Å². The number of hydrogen-bond donors (Lipinski definition) is 0. The number of benzene rings is 2. The molecule has 1 fully saturated rings. The number of nitriles is 1. The van der Waals surface area contributed by atoms with Gasteiger partial charge in [0.15, 0.2) is 0 Å². The van der Waals surface area contributed by atoms with E-state index in [9.17, 15) is 5.26 Å². The molecule has 1 aliphatic heterocycles. The zero-order chi connectivity index (χ0) is 20.0. The molecule has 2 aromatic carbocycles. The molecule has 5 heteroatoms. The third kappa shape index (κ3) is 4.34. The van der Waals surface area contributed by atoms with Crippen LogP contribution in [0.3, 0.4) is 0 Å². The van der Waals surface area contributed by atoms with E-state index in [0.717, 1.165) is 24.1 Å². The fraction of sp³-hybridized carbons (Fsp3) is 0.261. The topological polar surface area (TPSA) is 30.3 Å². The number of nitrogens with zero attached hydrogens (tertiary/aromatic N) is 3. The number of allylic oxidation sites excluding steroid dienone is 2. The molecule has 1 saturated heterocycles. The van der Waals surface area contributed by atoms with Crippen molar-refractivity contribution in [1.82, 2.24) is 9.80 Å². The summed E-state index contributed by atoms with van der Waals surface area (Å²) in [5, 5.41) is 13.6. The van der Waals surface area contributed by atoms with Crippen LogP contribution in [0.15, 0.2) is 84.0 Å². The summed E-state index contributed by atoms with van der Waals surface area (Å²) < 4.78 is 0. The SMILES string of the molecule is CN(C)C=CC(=C(C#N)P(=[Se])(c1ccccc1)c1ccccc1)N1CCCC1. The summed E-state index contributed by atoms with van der Waals surface area (Å²) in [6, 6.07) is 23.5. The Hall–Kier alpha value is -2.04. The van der Waals surface area contributed by atoms with Crippen molar-refractivity contribution in [3.63, 3.8) is 0 Å². The van der Waals surface area contributed by atoms with Crippen LogP contribution in [0.25, 0.3) is 0 Å². The third-order valence-electron chi connectivity index (χ3n) is 4.88. The summed E-state index contributed by atoms with van der Waals surface area (Å²) >= 11 is 3.52. The summed E-state index contributed by atoms with van der Waals surface area (Å²) in [5.41, 5.74) is -1.12. The van der Waals surface area contributed by atoms with Gasteiger partial charge in [0, 0.05) is 0 Å². The van der Waals surface area contributed by atoms with Crippen LogP contribution < -0.4 is 10.6 Å². The molecule has 0 N–H and O–H groups in total. The molecular formula is C23H26N3PSe. The van der Waals surface area contributed by atoms with Crippen LogP contribution in [0.4, 0.5) is 0 Å². The summed E-state index contributed by atoms with van der Waals surface area (Å²) in [4.78, 5) is 4.39. The Bertz CT molecular complexity index is 893. The summed E-state index contributed by atoms with van der Waals surface area (Å²) in [6.07, 6.45) is 6.51. The maximum atomic E-state index is 10.4. The van der Waals surface area contributed by atoms with Crippen molar-refractivity contribution in [1.29, 1.82) is 5.26 Å². The van der Waals surface area contributed by atoms with Crippen LogP contribution in [-0.2, 0) is 0 Å². The van der Waals surface area contributed by atoms with E-state index in [1.54, 1.807) is 0 Å². The van der Waals surface area contributed by atoms with Gasteiger partial charge in [0.2, 0.25) is 0 Å². The first-order valence-corrected chi connectivity index (χ1v) is 13.5. The molecule has 0 unspecified atom stereocenters. The second-order valence-corrected chi connectivity index (χ2v) is 13.2. The van der Waals surface area contributed by atoms with Gasteiger partial charge in [-0.15, -0.1) is 0 Å². The molecule has 1 aliphatic rings. The van der Waals surface area contributed by atoms with E-state index in [1.807, 2.05) is 37.3 Å². The second kappa shape index (κ2) is 9.44. The van der Waals surface area contributed by atoms with E-state index in [1.165, 1.54) is 23.5 Å². The fourth-order valence-electron chi connectivity index (χ4n) is 3.48. The minimum absolute atomic E-state index is 0.852. The Morgan fingerprint density at radius 2 is 1.50 bits per heavy atom. The van der Waals surface area contributed by atoms with E-state index < -0.39 is 5.51 Å². The molecule has 3 rings (SSSR count). The minimum atomic E-state index is -2.17. The van der Waals surface area contributed by atoms with Gasteiger partial charge in [0.1, 0.15) is 0 Å². The van der Waals surface area contributed by atoms with Crippen molar-refractivity contribution in [3.8, 4) is 6.07 Å². The van der Waals surface area contributed by atoms with Crippen LogP contribution >= 0.6 is 5.51 Å².